The van der Waals surface area contributed by atoms with Crippen molar-refractivity contribution in [3.63, 3.8) is 0 Å². The summed E-state index contributed by atoms with van der Waals surface area (Å²) in [6.45, 7) is 2.99. The number of fused-ring (bicyclic) bond motifs is 1. The third-order valence-electron chi connectivity index (χ3n) is 5.15. The number of hydrogen-bond donors (Lipinski definition) is 3. The van der Waals surface area contributed by atoms with Crippen LogP contribution in [0, 0.1) is 0 Å². The Morgan fingerprint density at radius 2 is 1.70 bits per heavy atom. The number of carboxylic acid groups (broad SMARTS) is 2. The van der Waals surface area contributed by atoms with E-state index in [1.807, 2.05) is 12.3 Å². The second kappa shape index (κ2) is 14.7. The molecule has 3 N–H and O–H groups in total. The van der Waals surface area contributed by atoms with Crippen LogP contribution >= 0.6 is 0 Å². The molecule has 16 heteroatoms. The summed E-state index contributed by atoms with van der Waals surface area (Å²) in [4.78, 5) is 36.6. The predicted octanol–water partition coefficient (Wildman–Crippen LogP) is 2.23. The van der Waals surface area contributed by atoms with E-state index in [0.717, 1.165) is 32.4 Å². The molecule has 0 aromatic carbocycles. The fourth-order valence-electron chi connectivity index (χ4n) is 3.52. The van der Waals surface area contributed by atoms with E-state index in [1.165, 1.54) is 5.56 Å². The van der Waals surface area contributed by atoms with Crippen molar-refractivity contribution in [2.24, 2.45) is 0 Å². The zero-order valence-corrected chi connectivity index (χ0v) is 19.6. The zero-order valence-electron chi connectivity index (χ0n) is 19.6. The van der Waals surface area contributed by atoms with Crippen molar-refractivity contribution < 1.29 is 60.4 Å². The van der Waals surface area contributed by atoms with Crippen LogP contribution in [-0.4, -0.2) is 95.4 Å². The molecule has 1 aromatic rings. The molecule has 210 valence electrons. The molecule has 2 aliphatic rings. The molecule has 0 radical (unpaired) electrons. The molecular weight excluding hydrogens is 520 g/mol. The Labute approximate surface area is 207 Å². The Balaban J connectivity index is 0.000000404. The number of ether oxygens (including phenoxy) is 2. The summed E-state index contributed by atoms with van der Waals surface area (Å²) in [7, 11) is 1.63. The van der Waals surface area contributed by atoms with Crippen LogP contribution in [0.2, 0.25) is 0 Å². The summed E-state index contributed by atoms with van der Waals surface area (Å²) in [5.74, 6) is -5.52. The summed E-state index contributed by atoms with van der Waals surface area (Å²) in [6, 6.07) is 4.50. The fraction of sp³-hybridized carbons (Fsp3) is 0.619. The highest BCUT2D eigenvalue weighted by Gasteiger charge is 2.41. The fourth-order valence-corrected chi connectivity index (χ4v) is 3.52. The molecule has 0 aliphatic carbocycles. The Kier molecular flexibility index (Phi) is 12.7. The van der Waals surface area contributed by atoms with Gasteiger partial charge in [-0.1, -0.05) is 6.07 Å². The Bertz CT molecular complexity index is 846. The van der Waals surface area contributed by atoms with Gasteiger partial charge in [0.05, 0.1) is 12.7 Å². The first kappa shape index (κ1) is 32.0. The number of amides is 1. The van der Waals surface area contributed by atoms with Gasteiger partial charge in [-0.25, -0.2) is 9.59 Å². The van der Waals surface area contributed by atoms with Crippen LogP contribution in [0.4, 0.5) is 26.3 Å². The smallest absolute Gasteiger partial charge is 0.475 e. The zero-order chi connectivity index (χ0) is 28.2. The summed E-state index contributed by atoms with van der Waals surface area (Å²) in [6.07, 6.45) is -3.82. The topological polar surface area (TPSA) is 138 Å². The normalized spacial score (nSPS) is 21.4. The van der Waals surface area contributed by atoms with Crippen LogP contribution in [0.1, 0.15) is 24.8 Å². The number of nitrogens with one attached hydrogen (secondary N) is 1. The second-order valence-electron chi connectivity index (χ2n) is 7.82. The molecule has 3 rings (SSSR count). The number of carbonyl (C=O) groups excluding carboxylic acids is 1. The number of pyridine rings is 1. The number of likely N-dealkylation sites (tertiary alicyclic amines) is 1. The summed E-state index contributed by atoms with van der Waals surface area (Å²) in [5.41, 5.74) is 1.23. The molecule has 3 heterocycles. The van der Waals surface area contributed by atoms with Crippen molar-refractivity contribution in [1.29, 1.82) is 0 Å². The summed E-state index contributed by atoms with van der Waals surface area (Å²) >= 11 is 0. The summed E-state index contributed by atoms with van der Waals surface area (Å²) < 4.78 is 74.5. The molecule has 0 spiro atoms. The van der Waals surface area contributed by atoms with Crippen molar-refractivity contribution in [3.8, 4) is 0 Å². The van der Waals surface area contributed by atoms with E-state index in [4.69, 9.17) is 29.3 Å². The van der Waals surface area contributed by atoms with E-state index >= 15 is 0 Å². The largest absolute Gasteiger partial charge is 0.490 e. The standard InChI is InChI=1S/C17H25N3O3.2C2HF3O2/c1-22-10-8-19-17(21)16-5-4-14-15(23-16)6-9-20(14)12-13-3-2-7-18-11-13;2*3-2(4,5)1(6)7/h2-3,7,11,14-16H,4-6,8-10,12H2,1H3,(H,19,21);2*(H,6,7)/t14-,15-,16+;;/m1../s1. The highest BCUT2D eigenvalue weighted by atomic mass is 19.4. The van der Waals surface area contributed by atoms with Gasteiger partial charge in [0, 0.05) is 45.2 Å². The molecular formula is C21H27F6N3O7. The van der Waals surface area contributed by atoms with Gasteiger partial charge in [-0.3, -0.25) is 14.7 Å². The quantitative estimate of drug-likeness (QED) is 0.362. The van der Waals surface area contributed by atoms with Crippen LogP contribution < -0.4 is 5.32 Å². The molecule has 2 fully saturated rings. The number of aromatic nitrogens is 1. The predicted molar refractivity (Wildman–Crippen MR) is 113 cm³/mol. The molecule has 10 nitrogen and oxygen atoms in total. The van der Waals surface area contributed by atoms with Gasteiger partial charge in [0.2, 0.25) is 5.91 Å². The minimum Gasteiger partial charge on any atom is -0.475 e. The average molecular weight is 547 g/mol. The van der Waals surface area contributed by atoms with Crippen molar-refractivity contribution in [2.45, 2.75) is 56.4 Å². The number of carboxylic acids is 2. The Morgan fingerprint density at radius 3 is 2.19 bits per heavy atom. The number of aliphatic carboxylic acids is 2. The van der Waals surface area contributed by atoms with Crippen molar-refractivity contribution in [2.75, 3.05) is 26.8 Å². The molecule has 0 saturated carbocycles. The van der Waals surface area contributed by atoms with Gasteiger partial charge in [-0.15, -0.1) is 0 Å². The maximum absolute atomic E-state index is 12.1. The van der Waals surface area contributed by atoms with Gasteiger partial charge < -0.3 is 25.0 Å². The van der Waals surface area contributed by atoms with Gasteiger partial charge in [0.15, 0.2) is 0 Å². The first-order valence-electron chi connectivity index (χ1n) is 10.8. The highest BCUT2D eigenvalue weighted by Crippen LogP contribution is 2.32. The van der Waals surface area contributed by atoms with E-state index in [9.17, 15) is 31.1 Å². The molecule has 2 aliphatic heterocycles. The van der Waals surface area contributed by atoms with Gasteiger partial charge in [-0.05, 0) is 30.9 Å². The van der Waals surface area contributed by atoms with Gasteiger partial charge in [0.25, 0.3) is 0 Å². The molecule has 0 bridgehead atoms. The van der Waals surface area contributed by atoms with Crippen LogP contribution in [-0.2, 0) is 30.4 Å². The maximum atomic E-state index is 12.1. The summed E-state index contributed by atoms with van der Waals surface area (Å²) in [5, 5.41) is 17.1. The Hall–Kier alpha value is -2.98. The van der Waals surface area contributed by atoms with Crippen LogP contribution in [0.25, 0.3) is 0 Å². The number of hydrogen-bond acceptors (Lipinski definition) is 7. The molecule has 2 saturated heterocycles. The number of methoxy groups -OCH3 is 1. The average Bonchev–Trinajstić information content (AvgIpc) is 3.21. The minimum absolute atomic E-state index is 0.00814. The van der Waals surface area contributed by atoms with Crippen LogP contribution in [0.5, 0.6) is 0 Å². The number of carbonyl (C=O) groups is 3. The third-order valence-corrected chi connectivity index (χ3v) is 5.15. The van der Waals surface area contributed by atoms with Gasteiger partial charge >= 0.3 is 24.3 Å². The number of rotatable bonds is 6. The number of alkyl halides is 6. The van der Waals surface area contributed by atoms with Crippen molar-refractivity contribution in [1.82, 2.24) is 15.2 Å². The SMILES string of the molecule is COCCNC(=O)[C@@H]1CC[C@@H]2[C@@H](CCN2Cc2cccnc2)O1.O=C(O)C(F)(F)F.O=C(O)C(F)(F)F. The number of nitrogens with zero attached hydrogens (tertiary/aromatic N) is 2. The van der Waals surface area contributed by atoms with E-state index in [2.05, 4.69) is 21.3 Å². The second-order valence-corrected chi connectivity index (χ2v) is 7.82. The monoisotopic (exact) mass is 547 g/mol. The molecule has 0 unspecified atom stereocenters. The van der Waals surface area contributed by atoms with E-state index in [1.54, 1.807) is 13.3 Å². The minimum atomic E-state index is -5.08. The maximum Gasteiger partial charge on any atom is 0.490 e. The molecule has 1 aromatic heterocycles. The lowest BCUT2D eigenvalue weighted by Gasteiger charge is -2.35. The first-order valence-corrected chi connectivity index (χ1v) is 10.8. The first-order chi connectivity index (χ1) is 17.2. The molecule has 1 amide bonds. The van der Waals surface area contributed by atoms with Gasteiger partial charge in [0.1, 0.15) is 6.10 Å². The van der Waals surface area contributed by atoms with Gasteiger partial charge in [-0.2, -0.15) is 26.3 Å². The van der Waals surface area contributed by atoms with E-state index in [0.29, 0.717) is 19.2 Å². The third kappa shape index (κ3) is 11.7. The van der Waals surface area contributed by atoms with Crippen LogP contribution in [0.3, 0.4) is 0 Å². The van der Waals surface area contributed by atoms with Crippen molar-refractivity contribution >= 4 is 17.8 Å². The Morgan fingerprint density at radius 1 is 1.11 bits per heavy atom. The highest BCUT2D eigenvalue weighted by molar-refractivity contribution is 5.80. The van der Waals surface area contributed by atoms with E-state index in [-0.39, 0.29) is 18.1 Å². The van der Waals surface area contributed by atoms with Crippen molar-refractivity contribution in [3.05, 3.63) is 30.1 Å². The molecule has 37 heavy (non-hydrogen) atoms. The lowest BCUT2D eigenvalue weighted by Crippen LogP contribution is -2.48. The van der Waals surface area contributed by atoms with Crippen LogP contribution in [0.15, 0.2) is 24.5 Å². The molecule has 3 atom stereocenters. The lowest BCUT2D eigenvalue weighted by atomic mass is 9.98. The lowest BCUT2D eigenvalue weighted by molar-refractivity contribution is -0.193. The number of halogens is 6. The van der Waals surface area contributed by atoms with E-state index < -0.39 is 24.3 Å².